The molecule has 1 saturated heterocycles. The largest absolute Gasteiger partial charge is 0.463 e. The van der Waals surface area contributed by atoms with Crippen LogP contribution in [0.15, 0.2) is 12.3 Å². The Bertz CT molecular complexity index is 1010. The molecule has 12 heteroatoms. The van der Waals surface area contributed by atoms with Gasteiger partial charge in [-0.2, -0.15) is 0 Å². The molecule has 4 unspecified atom stereocenters. The molecule has 204 valence electrons. The van der Waals surface area contributed by atoms with Crippen molar-refractivity contribution in [1.82, 2.24) is 10.3 Å². The van der Waals surface area contributed by atoms with Crippen molar-refractivity contribution in [1.29, 1.82) is 0 Å². The summed E-state index contributed by atoms with van der Waals surface area (Å²) in [6.45, 7) is 7.60. The SMILES string of the molecule is CCC1C(=O)OCC(NC(=O)c2nccc(C)c2OC(=O)CCCCl)C(=O)OC(C)C1OC(=O)C(C)C. The summed E-state index contributed by atoms with van der Waals surface area (Å²) < 4.78 is 21.6. The zero-order valence-corrected chi connectivity index (χ0v) is 22.3. The number of cyclic esters (lactones) is 2. The maximum absolute atomic E-state index is 13.1. The van der Waals surface area contributed by atoms with Crippen LogP contribution in [0.3, 0.4) is 0 Å². The first-order valence-electron chi connectivity index (χ1n) is 12.1. The van der Waals surface area contributed by atoms with E-state index < -0.39 is 66.5 Å². The Morgan fingerprint density at radius 3 is 2.57 bits per heavy atom. The van der Waals surface area contributed by atoms with Gasteiger partial charge in [-0.05, 0) is 38.3 Å². The fraction of sp³-hybridized carbons (Fsp3) is 0.600. The molecule has 0 radical (unpaired) electrons. The van der Waals surface area contributed by atoms with Crippen LogP contribution in [0.4, 0.5) is 0 Å². The van der Waals surface area contributed by atoms with Crippen LogP contribution in [0, 0.1) is 18.8 Å². The molecule has 1 aromatic rings. The second kappa shape index (κ2) is 13.9. The van der Waals surface area contributed by atoms with Crippen LogP contribution < -0.4 is 10.1 Å². The first-order valence-corrected chi connectivity index (χ1v) is 12.6. The molecular formula is C25H33ClN2O9. The Morgan fingerprint density at radius 1 is 1.24 bits per heavy atom. The molecule has 37 heavy (non-hydrogen) atoms. The third-order valence-electron chi connectivity index (χ3n) is 5.66. The number of pyridine rings is 1. The lowest BCUT2D eigenvalue weighted by molar-refractivity contribution is -0.176. The van der Waals surface area contributed by atoms with Crippen LogP contribution in [-0.4, -0.2) is 65.5 Å². The van der Waals surface area contributed by atoms with Gasteiger partial charge in [0.25, 0.3) is 5.91 Å². The summed E-state index contributed by atoms with van der Waals surface area (Å²) in [4.78, 5) is 67.2. The number of aromatic nitrogens is 1. The maximum atomic E-state index is 13.1. The number of amides is 1. The van der Waals surface area contributed by atoms with Gasteiger partial charge in [0.05, 0.1) is 11.8 Å². The third kappa shape index (κ3) is 8.14. The molecule has 2 rings (SSSR count). The third-order valence-corrected chi connectivity index (χ3v) is 5.92. The van der Waals surface area contributed by atoms with Crippen LogP contribution >= 0.6 is 11.6 Å². The predicted octanol–water partition coefficient (Wildman–Crippen LogP) is 2.50. The minimum atomic E-state index is -1.39. The second-order valence-electron chi connectivity index (χ2n) is 8.94. The van der Waals surface area contributed by atoms with Crippen molar-refractivity contribution in [2.24, 2.45) is 11.8 Å². The highest BCUT2D eigenvalue weighted by molar-refractivity contribution is 6.17. The highest BCUT2D eigenvalue weighted by Crippen LogP contribution is 2.25. The van der Waals surface area contributed by atoms with Crippen LogP contribution in [0.25, 0.3) is 0 Å². The number of carbonyl (C=O) groups excluding carboxylic acids is 5. The predicted molar refractivity (Wildman–Crippen MR) is 131 cm³/mol. The fourth-order valence-electron chi connectivity index (χ4n) is 3.52. The van der Waals surface area contributed by atoms with Gasteiger partial charge in [-0.25, -0.2) is 9.78 Å². The molecule has 1 aliphatic heterocycles. The summed E-state index contributed by atoms with van der Waals surface area (Å²) >= 11 is 5.62. The average Bonchev–Trinajstić information content (AvgIpc) is 2.88. The summed E-state index contributed by atoms with van der Waals surface area (Å²) in [7, 11) is 0. The number of halogens is 1. The fourth-order valence-corrected chi connectivity index (χ4v) is 3.65. The van der Waals surface area contributed by atoms with E-state index in [1.54, 1.807) is 33.8 Å². The summed E-state index contributed by atoms with van der Waals surface area (Å²) in [6.07, 6.45) is -0.0135. The van der Waals surface area contributed by atoms with Crippen molar-refractivity contribution >= 4 is 41.4 Å². The topological polar surface area (TPSA) is 147 Å². The van der Waals surface area contributed by atoms with Gasteiger partial charge in [0.1, 0.15) is 12.7 Å². The van der Waals surface area contributed by atoms with E-state index >= 15 is 0 Å². The zero-order valence-electron chi connectivity index (χ0n) is 21.6. The van der Waals surface area contributed by atoms with Gasteiger partial charge < -0.3 is 24.3 Å². The lowest BCUT2D eigenvalue weighted by Crippen LogP contribution is -2.47. The molecule has 1 aliphatic rings. The molecule has 4 atom stereocenters. The van der Waals surface area contributed by atoms with Crippen LogP contribution in [0.1, 0.15) is 63.0 Å². The van der Waals surface area contributed by atoms with Gasteiger partial charge in [0.15, 0.2) is 23.6 Å². The minimum Gasteiger partial charge on any atom is -0.463 e. The number of esters is 4. The molecule has 0 spiro atoms. The molecule has 0 aliphatic carbocycles. The van der Waals surface area contributed by atoms with Crippen LogP contribution in [0.5, 0.6) is 5.75 Å². The van der Waals surface area contributed by atoms with E-state index in [1.807, 2.05) is 0 Å². The van der Waals surface area contributed by atoms with Crippen LogP contribution in [-0.2, 0) is 33.4 Å². The molecule has 1 N–H and O–H groups in total. The number of hydrogen-bond donors (Lipinski definition) is 1. The Morgan fingerprint density at radius 2 is 1.95 bits per heavy atom. The Labute approximate surface area is 220 Å². The molecule has 0 saturated carbocycles. The first kappa shape index (κ1) is 30.0. The normalized spacial score (nSPS) is 22.1. The van der Waals surface area contributed by atoms with Crippen molar-refractivity contribution in [3.05, 3.63) is 23.5 Å². The van der Waals surface area contributed by atoms with Gasteiger partial charge in [-0.1, -0.05) is 20.8 Å². The molecular weight excluding hydrogens is 508 g/mol. The average molecular weight is 541 g/mol. The Kier molecular flexibility index (Phi) is 11.3. The highest BCUT2D eigenvalue weighted by atomic mass is 35.5. The van der Waals surface area contributed by atoms with E-state index in [1.165, 1.54) is 13.1 Å². The number of nitrogens with zero attached hydrogens (tertiary/aromatic N) is 1. The number of aryl methyl sites for hydroxylation is 1. The quantitative estimate of drug-likeness (QED) is 0.281. The molecule has 1 amide bonds. The molecule has 11 nitrogen and oxygen atoms in total. The molecule has 0 bridgehead atoms. The smallest absolute Gasteiger partial charge is 0.332 e. The van der Waals surface area contributed by atoms with E-state index in [4.69, 9.17) is 30.5 Å². The summed E-state index contributed by atoms with van der Waals surface area (Å²) in [5.41, 5.74) is 0.235. The Hall–Kier alpha value is -3.21. The lowest BCUT2D eigenvalue weighted by Gasteiger charge is -2.29. The Balaban J connectivity index is 2.26. The van der Waals surface area contributed by atoms with E-state index in [0.717, 1.165) is 0 Å². The van der Waals surface area contributed by atoms with Crippen molar-refractivity contribution in [3.8, 4) is 5.75 Å². The van der Waals surface area contributed by atoms with Crippen molar-refractivity contribution in [2.45, 2.75) is 72.1 Å². The van der Waals surface area contributed by atoms with E-state index in [-0.39, 0.29) is 30.2 Å². The van der Waals surface area contributed by atoms with E-state index in [0.29, 0.717) is 12.0 Å². The second-order valence-corrected chi connectivity index (χ2v) is 9.32. The molecule has 1 fully saturated rings. The van der Waals surface area contributed by atoms with E-state index in [2.05, 4.69) is 10.3 Å². The number of ether oxygens (including phenoxy) is 4. The van der Waals surface area contributed by atoms with Gasteiger partial charge >= 0.3 is 23.9 Å². The van der Waals surface area contributed by atoms with Gasteiger partial charge in [-0.3, -0.25) is 19.2 Å². The number of rotatable bonds is 9. The maximum Gasteiger partial charge on any atom is 0.332 e. The standard InChI is InChI=1S/C25H33ClN2O9/c1-6-16-21(37-23(31)13(2)3)15(5)35-25(33)17(12-34-24(16)32)28-22(30)19-20(14(4)9-11-27-19)36-18(29)8-7-10-26/h9,11,13,15-17,21H,6-8,10,12H2,1-5H3,(H,28,30). The number of carbonyl (C=O) groups is 5. The summed E-state index contributed by atoms with van der Waals surface area (Å²) in [6, 6.07) is 0.167. The van der Waals surface area contributed by atoms with E-state index in [9.17, 15) is 24.0 Å². The minimum absolute atomic E-state index is 0.0445. The molecule has 0 aromatic carbocycles. The number of alkyl halides is 1. The van der Waals surface area contributed by atoms with Gasteiger partial charge in [-0.15, -0.1) is 11.6 Å². The molecule has 1 aromatic heterocycles. The van der Waals surface area contributed by atoms with Crippen molar-refractivity contribution < 1.29 is 42.9 Å². The first-order chi connectivity index (χ1) is 17.5. The molecule has 2 heterocycles. The highest BCUT2D eigenvalue weighted by Gasteiger charge is 2.41. The zero-order chi connectivity index (χ0) is 27.7. The monoisotopic (exact) mass is 540 g/mol. The summed E-state index contributed by atoms with van der Waals surface area (Å²) in [5.74, 6) is -4.72. The van der Waals surface area contributed by atoms with Gasteiger partial charge in [0.2, 0.25) is 0 Å². The number of hydrogen-bond acceptors (Lipinski definition) is 10. The van der Waals surface area contributed by atoms with Gasteiger partial charge in [0, 0.05) is 18.5 Å². The van der Waals surface area contributed by atoms with Crippen LogP contribution in [0.2, 0.25) is 0 Å². The summed E-state index contributed by atoms with van der Waals surface area (Å²) in [5, 5.41) is 2.44. The number of nitrogens with one attached hydrogen (secondary N) is 1. The van der Waals surface area contributed by atoms with Crippen molar-refractivity contribution in [3.63, 3.8) is 0 Å². The van der Waals surface area contributed by atoms with Crippen molar-refractivity contribution in [2.75, 3.05) is 12.5 Å². The lowest BCUT2D eigenvalue weighted by atomic mass is 9.95.